The molecule has 1 aromatic heterocycles. The van der Waals surface area contributed by atoms with Gasteiger partial charge < -0.3 is 4.74 Å². The van der Waals surface area contributed by atoms with Gasteiger partial charge in [0, 0.05) is 5.56 Å². The average molecular weight is 181 g/mol. The molecule has 13 heavy (non-hydrogen) atoms. The van der Waals surface area contributed by atoms with Gasteiger partial charge in [-0.2, -0.15) is 0 Å². The van der Waals surface area contributed by atoms with Crippen molar-refractivity contribution in [3.8, 4) is 5.88 Å². The van der Waals surface area contributed by atoms with E-state index >= 15 is 0 Å². The Labute approximate surface area is 74.9 Å². The number of allylic oxidation sites excluding steroid dienone is 1. The summed E-state index contributed by atoms with van der Waals surface area (Å²) in [5.41, 5.74) is 0.439. The third-order valence-electron chi connectivity index (χ3n) is 1.39. The van der Waals surface area contributed by atoms with E-state index in [1.807, 2.05) is 0 Å². The van der Waals surface area contributed by atoms with Gasteiger partial charge in [0.25, 0.3) is 0 Å². The molecule has 0 atom stereocenters. The van der Waals surface area contributed by atoms with Gasteiger partial charge in [0.1, 0.15) is 12.1 Å². The molecule has 0 radical (unpaired) electrons. The number of halogens is 1. The predicted octanol–water partition coefficient (Wildman–Crippen LogP) is 1.44. The van der Waals surface area contributed by atoms with Crippen molar-refractivity contribution in [1.29, 1.82) is 0 Å². The summed E-state index contributed by atoms with van der Waals surface area (Å²) in [7, 11) is 1.43. The molecule has 4 heteroatoms. The molecule has 0 aliphatic rings. The monoisotopic (exact) mass is 181 g/mol. The standard InChI is InChI=1S/C9H8FNO2/c1-13-9-7(3-2-4-12)5-8(10)6-11-9/h2-6H,1H3. The molecular formula is C9H8FNO2. The Kier molecular flexibility index (Phi) is 3.14. The molecule has 0 saturated carbocycles. The van der Waals surface area contributed by atoms with Gasteiger partial charge in [-0.15, -0.1) is 0 Å². The van der Waals surface area contributed by atoms with Crippen molar-refractivity contribution in [1.82, 2.24) is 4.98 Å². The number of carbonyl (C=O) groups excluding carboxylic acids is 1. The molecule has 0 bridgehead atoms. The molecule has 0 aliphatic heterocycles. The van der Waals surface area contributed by atoms with Crippen LogP contribution in [-0.2, 0) is 4.79 Å². The van der Waals surface area contributed by atoms with Crippen LogP contribution < -0.4 is 4.74 Å². The topological polar surface area (TPSA) is 39.2 Å². The van der Waals surface area contributed by atoms with Crippen LogP contribution in [0.2, 0.25) is 0 Å². The van der Waals surface area contributed by atoms with Crippen LogP contribution in [-0.4, -0.2) is 18.4 Å². The van der Waals surface area contributed by atoms with E-state index in [4.69, 9.17) is 4.74 Å². The van der Waals surface area contributed by atoms with Crippen molar-refractivity contribution < 1.29 is 13.9 Å². The second kappa shape index (κ2) is 4.35. The summed E-state index contributed by atoms with van der Waals surface area (Å²) in [6, 6.07) is 1.24. The Balaban J connectivity index is 3.07. The molecule has 0 spiro atoms. The maximum atomic E-state index is 12.7. The molecule has 68 valence electrons. The van der Waals surface area contributed by atoms with E-state index in [1.54, 1.807) is 0 Å². The van der Waals surface area contributed by atoms with Gasteiger partial charge in [-0.05, 0) is 18.2 Å². The highest BCUT2D eigenvalue weighted by Crippen LogP contribution is 2.16. The smallest absolute Gasteiger partial charge is 0.220 e. The van der Waals surface area contributed by atoms with Crippen molar-refractivity contribution in [2.24, 2.45) is 0 Å². The summed E-state index contributed by atoms with van der Waals surface area (Å²) in [6.07, 6.45) is 4.34. The fourth-order valence-corrected chi connectivity index (χ4v) is 0.875. The van der Waals surface area contributed by atoms with Crippen molar-refractivity contribution >= 4 is 12.4 Å². The van der Waals surface area contributed by atoms with Gasteiger partial charge in [-0.1, -0.05) is 0 Å². The van der Waals surface area contributed by atoms with Crippen LogP contribution in [0.3, 0.4) is 0 Å². The zero-order chi connectivity index (χ0) is 9.68. The van der Waals surface area contributed by atoms with Crippen molar-refractivity contribution in [2.45, 2.75) is 0 Å². The fourth-order valence-electron chi connectivity index (χ4n) is 0.875. The number of aldehydes is 1. The number of carbonyl (C=O) groups is 1. The molecule has 0 saturated heterocycles. The summed E-state index contributed by atoms with van der Waals surface area (Å²) in [5.74, 6) is -0.175. The number of hydrogen-bond acceptors (Lipinski definition) is 3. The molecule has 1 rings (SSSR count). The van der Waals surface area contributed by atoms with Crippen LogP contribution in [0.15, 0.2) is 18.3 Å². The Morgan fingerprint density at radius 1 is 1.62 bits per heavy atom. The van der Waals surface area contributed by atoms with Gasteiger partial charge in [0.2, 0.25) is 5.88 Å². The molecule has 1 heterocycles. The van der Waals surface area contributed by atoms with Gasteiger partial charge in [-0.3, -0.25) is 4.79 Å². The summed E-state index contributed by atoms with van der Waals surface area (Å²) in [5, 5.41) is 0. The Morgan fingerprint density at radius 3 is 3.00 bits per heavy atom. The van der Waals surface area contributed by atoms with Gasteiger partial charge in [0.05, 0.1) is 13.3 Å². The first-order valence-corrected chi connectivity index (χ1v) is 3.59. The molecule has 1 aromatic rings. The van der Waals surface area contributed by atoms with Gasteiger partial charge in [0.15, 0.2) is 0 Å². The Morgan fingerprint density at radius 2 is 2.38 bits per heavy atom. The zero-order valence-corrected chi connectivity index (χ0v) is 7.03. The molecule has 0 unspecified atom stereocenters. The van der Waals surface area contributed by atoms with Crippen LogP contribution in [0.1, 0.15) is 5.56 Å². The SMILES string of the molecule is COc1ncc(F)cc1C=CC=O. The summed E-state index contributed by atoms with van der Waals surface area (Å²) >= 11 is 0. The lowest BCUT2D eigenvalue weighted by Crippen LogP contribution is -1.91. The summed E-state index contributed by atoms with van der Waals surface area (Å²) in [6.45, 7) is 0. The normalized spacial score (nSPS) is 10.3. The molecular weight excluding hydrogens is 173 g/mol. The van der Waals surface area contributed by atoms with Crippen LogP contribution in [0, 0.1) is 5.82 Å². The third kappa shape index (κ3) is 2.37. The first kappa shape index (κ1) is 9.38. The van der Waals surface area contributed by atoms with E-state index in [0.717, 1.165) is 6.20 Å². The first-order valence-electron chi connectivity index (χ1n) is 3.59. The lowest BCUT2D eigenvalue weighted by molar-refractivity contribution is -0.104. The number of ether oxygens (including phenoxy) is 1. The second-order valence-electron chi connectivity index (χ2n) is 2.25. The lowest BCUT2D eigenvalue weighted by Gasteiger charge is -2.01. The second-order valence-corrected chi connectivity index (χ2v) is 2.25. The highest BCUT2D eigenvalue weighted by Gasteiger charge is 2.01. The van der Waals surface area contributed by atoms with Crippen molar-refractivity contribution in [3.05, 3.63) is 29.7 Å². The Hall–Kier alpha value is -1.71. The minimum absolute atomic E-state index is 0.291. The number of methoxy groups -OCH3 is 1. The lowest BCUT2D eigenvalue weighted by atomic mass is 10.2. The summed E-state index contributed by atoms with van der Waals surface area (Å²) < 4.78 is 17.5. The zero-order valence-electron chi connectivity index (χ0n) is 7.03. The summed E-state index contributed by atoms with van der Waals surface area (Å²) in [4.78, 5) is 13.7. The maximum absolute atomic E-state index is 12.7. The third-order valence-corrected chi connectivity index (χ3v) is 1.39. The number of rotatable bonds is 3. The van der Waals surface area contributed by atoms with E-state index in [2.05, 4.69) is 4.98 Å². The molecule has 3 nitrogen and oxygen atoms in total. The molecule has 0 aromatic carbocycles. The van der Waals surface area contributed by atoms with E-state index in [9.17, 15) is 9.18 Å². The van der Waals surface area contributed by atoms with E-state index in [0.29, 0.717) is 17.7 Å². The van der Waals surface area contributed by atoms with E-state index in [1.165, 1.54) is 25.3 Å². The van der Waals surface area contributed by atoms with Crippen molar-refractivity contribution in [3.63, 3.8) is 0 Å². The van der Waals surface area contributed by atoms with Crippen LogP contribution in [0.5, 0.6) is 5.88 Å². The Bertz CT molecular complexity index is 336. The average Bonchev–Trinajstić information content (AvgIpc) is 2.15. The minimum Gasteiger partial charge on any atom is -0.481 e. The van der Waals surface area contributed by atoms with Crippen LogP contribution in [0.25, 0.3) is 6.08 Å². The van der Waals surface area contributed by atoms with E-state index in [-0.39, 0.29) is 0 Å². The molecule has 0 N–H and O–H groups in total. The van der Waals surface area contributed by atoms with E-state index < -0.39 is 5.82 Å². The minimum atomic E-state index is -0.466. The fraction of sp³-hybridized carbons (Fsp3) is 0.111. The number of pyridine rings is 1. The molecule has 0 fully saturated rings. The highest BCUT2D eigenvalue weighted by atomic mass is 19.1. The first-order chi connectivity index (χ1) is 6.27. The van der Waals surface area contributed by atoms with Gasteiger partial charge >= 0.3 is 0 Å². The van der Waals surface area contributed by atoms with Gasteiger partial charge in [-0.25, -0.2) is 9.37 Å². The quantitative estimate of drug-likeness (QED) is 0.523. The van der Waals surface area contributed by atoms with Crippen molar-refractivity contribution in [2.75, 3.05) is 7.11 Å². The number of nitrogens with zero attached hydrogens (tertiary/aromatic N) is 1. The number of hydrogen-bond donors (Lipinski definition) is 0. The highest BCUT2D eigenvalue weighted by molar-refractivity contribution is 5.74. The van der Waals surface area contributed by atoms with Crippen LogP contribution >= 0.6 is 0 Å². The number of aromatic nitrogens is 1. The van der Waals surface area contributed by atoms with Crippen LogP contribution in [0.4, 0.5) is 4.39 Å². The largest absolute Gasteiger partial charge is 0.481 e. The molecule has 0 aliphatic carbocycles. The molecule has 0 amide bonds. The predicted molar refractivity (Wildman–Crippen MR) is 45.8 cm³/mol. The maximum Gasteiger partial charge on any atom is 0.220 e.